The summed E-state index contributed by atoms with van der Waals surface area (Å²) in [4.78, 5) is 21.6. The lowest BCUT2D eigenvalue weighted by atomic mass is 10.2. The third kappa shape index (κ3) is 3.34. The highest BCUT2D eigenvalue weighted by atomic mass is 16.4. The number of nitrogens with one attached hydrogen (secondary N) is 1. The van der Waals surface area contributed by atoms with Crippen molar-refractivity contribution in [1.82, 2.24) is 20.1 Å². The molecule has 0 aromatic carbocycles. The molecule has 0 spiro atoms. The molecule has 0 bridgehead atoms. The summed E-state index contributed by atoms with van der Waals surface area (Å²) in [5.74, 6) is -0.664. The normalized spacial score (nSPS) is 12.1. The quantitative estimate of drug-likeness (QED) is 0.728. The first-order valence-electron chi connectivity index (χ1n) is 4.85. The molecule has 88 valence electrons. The molecule has 1 rings (SSSR count). The largest absolute Gasteiger partial charge is 0.481 e. The molecule has 0 aliphatic carbocycles. The molecule has 0 aliphatic rings. The molecule has 16 heavy (non-hydrogen) atoms. The van der Waals surface area contributed by atoms with Gasteiger partial charge in [-0.3, -0.25) is 9.59 Å². The van der Waals surface area contributed by atoms with E-state index in [2.05, 4.69) is 15.5 Å². The van der Waals surface area contributed by atoms with Gasteiger partial charge in [0.1, 0.15) is 6.33 Å². The Morgan fingerprint density at radius 2 is 2.25 bits per heavy atom. The number of hydrogen-bond acceptors (Lipinski definition) is 4. The van der Waals surface area contributed by atoms with Crippen LogP contribution in [0.25, 0.3) is 0 Å². The van der Waals surface area contributed by atoms with Crippen molar-refractivity contribution >= 4 is 11.9 Å². The van der Waals surface area contributed by atoms with Crippen molar-refractivity contribution in [2.45, 2.75) is 25.8 Å². The van der Waals surface area contributed by atoms with E-state index in [-0.39, 0.29) is 24.8 Å². The SMILES string of the molecule is CC(NC(=O)CCC(=O)O)c1nncn1C. The van der Waals surface area contributed by atoms with Gasteiger partial charge in [0.2, 0.25) is 5.91 Å². The van der Waals surface area contributed by atoms with Crippen molar-refractivity contribution in [2.75, 3.05) is 0 Å². The van der Waals surface area contributed by atoms with E-state index in [1.165, 1.54) is 6.33 Å². The summed E-state index contributed by atoms with van der Waals surface area (Å²) in [5, 5.41) is 18.6. The van der Waals surface area contributed by atoms with E-state index in [9.17, 15) is 9.59 Å². The molecule has 0 radical (unpaired) electrons. The molecule has 0 fully saturated rings. The van der Waals surface area contributed by atoms with Crippen LogP contribution in [0.4, 0.5) is 0 Å². The summed E-state index contributed by atoms with van der Waals surface area (Å²) in [6.07, 6.45) is 1.34. The van der Waals surface area contributed by atoms with Crippen molar-refractivity contribution in [2.24, 2.45) is 7.05 Å². The Hall–Kier alpha value is -1.92. The Bertz CT molecular complexity index is 388. The molecular weight excluding hydrogens is 212 g/mol. The first kappa shape index (κ1) is 12.2. The van der Waals surface area contributed by atoms with Crippen LogP contribution in [0.5, 0.6) is 0 Å². The first-order chi connectivity index (χ1) is 7.50. The second kappa shape index (κ2) is 5.24. The minimum atomic E-state index is -0.985. The van der Waals surface area contributed by atoms with Gasteiger partial charge >= 0.3 is 5.97 Å². The number of amides is 1. The number of carboxylic acid groups (broad SMARTS) is 1. The van der Waals surface area contributed by atoms with Crippen LogP contribution in [-0.2, 0) is 16.6 Å². The Labute approximate surface area is 92.5 Å². The van der Waals surface area contributed by atoms with E-state index >= 15 is 0 Å². The number of aryl methyl sites for hydroxylation is 1. The lowest BCUT2D eigenvalue weighted by Crippen LogP contribution is -2.28. The van der Waals surface area contributed by atoms with E-state index < -0.39 is 5.97 Å². The summed E-state index contributed by atoms with van der Waals surface area (Å²) >= 11 is 0. The van der Waals surface area contributed by atoms with E-state index in [1.54, 1.807) is 18.5 Å². The van der Waals surface area contributed by atoms with E-state index in [1.807, 2.05) is 0 Å². The highest BCUT2D eigenvalue weighted by Gasteiger charge is 2.14. The highest BCUT2D eigenvalue weighted by Crippen LogP contribution is 2.07. The maximum atomic E-state index is 11.3. The molecule has 1 heterocycles. The van der Waals surface area contributed by atoms with Crippen molar-refractivity contribution in [3.05, 3.63) is 12.2 Å². The van der Waals surface area contributed by atoms with Crippen molar-refractivity contribution in [3.8, 4) is 0 Å². The predicted octanol–water partition coefficient (Wildman–Crippen LogP) is -0.143. The molecule has 1 atom stereocenters. The van der Waals surface area contributed by atoms with Crippen LogP contribution in [0.1, 0.15) is 31.6 Å². The van der Waals surface area contributed by atoms with Gasteiger partial charge in [-0.1, -0.05) is 0 Å². The Morgan fingerprint density at radius 3 is 2.75 bits per heavy atom. The Kier molecular flexibility index (Phi) is 3.98. The topological polar surface area (TPSA) is 97.1 Å². The summed E-state index contributed by atoms with van der Waals surface area (Å²) in [6, 6.07) is -0.284. The lowest BCUT2D eigenvalue weighted by Gasteiger charge is -2.12. The van der Waals surface area contributed by atoms with Gasteiger partial charge in [0, 0.05) is 13.5 Å². The monoisotopic (exact) mass is 226 g/mol. The zero-order chi connectivity index (χ0) is 12.1. The van der Waals surface area contributed by atoms with Crippen molar-refractivity contribution < 1.29 is 14.7 Å². The van der Waals surface area contributed by atoms with Crippen LogP contribution in [0, 0.1) is 0 Å². The van der Waals surface area contributed by atoms with E-state index in [0.717, 1.165) is 0 Å². The van der Waals surface area contributed by atoms with Gasteiger partial charge in [-0.15, -0.1) is 10.2 Å². The van der Waals surface area contributed by atoms with Gasteiger partial charge in [-0.05, 0) is 6.92 Å². The first-order valence-corrected chi connectivity index (χ1v) is 4.85. The average molecular weight is 226 g/mol. The molecular formula is C9H14N4O3. The minimum Gasteiger partial charge on any atom is -0.481 e. The maximum absolute atomic E-state index is 11.3. The van der Waals surface area contributed by atoms with Gasteiger partial charge in [0.15, 0.2) is 5.82 Å². The van der Waals surface area contributed by atoms with Crippen LogP contribution < -0.4 is 5.32 Å². The van der Waals surface area contributed by atoms with E-state index in [0.29, 0.717) is 5.82 Å². The molecule has 0 saturated carbocycles. The molecule has 0 saturated heterocycles. The Morgan fingerprint density at radius 1 is 1.56 bits per heavy atom. The fraction of sp³-hybridized carbons (Fsp3) is 0.556. The lowest BCUT2D eigenvalue weighted by molar-refractivity contribution is -0.138. The number of aromatic nitrogens is 3. The smallest absolute Gasteiger partial charge is 0.303 e. The molecule has 7 nitrogen and oxygen atoms in total. The minimum absolute atomic E-state index is 0.0302. The number of nitrogens with zero attached hydrogens (tertiary/aromatic N) is 3. The van der Waals surface area contributed by atoms with E-state index in [4.69, 9.17) is 5.11 Å². The number of aliphatic carboxylic acids is 1. The second-order valence-corrected chi connectivity index (χ2v) is 3.48. The third-order valence-corrected chi connectivity index (χ3v) is 2.08. The highest BCUT2D eigenvalue weighted by molar-refractivity contribution is 5.80. The van der Waals surface area contributed by atoms with Gasteiger partial charge in [-0.2, -0.15) is 0 Å². The summed E-state index contributed by atoms with van der Waals surface area (Å²) in [7, 11) is 1.77. The summed E-state index contributed by atoms with van der Waals surface area (Å²) < 4.78 is 1.70. The third-order valence-electron chi connectivity index (χ3n) is 2.08. The fourth-order valence-corrected chi connectivity index (χ4v) is 1.28. The molecule has 0 aliphatic heterocycles. The van der Waals surface area contributed by atoms with Crippen LogP contribution in [0.3, 0.4) is 0 Å². The van der Waals surface area contributed by atoms with Crippen LogP contribution in [-0.4, -0.2) is 31.7 Å². The zero-order valence-corrected chi connectivity index (χ0v) is 9.17. The summed E-state index contributed by atoms with van der Waals surface area (Å²) in [5.41, 5.74) is 0. The van der Waals surface area contributed by atoms with Crippen LogP contribution in [0.15, 0.2) is 6.33 Å². The molecule has 1 aromatic rings. The van der Waals surface area contributed by atoms with Gasteiger partial charge < -0.3 is 15.0 Å². The molecule has 1 aromatic heterocycles. The average Bonchev–Trinajstić information content (AvgIpc) is 2.61. The van der Waals surface area contributed by atoms with Crippen molar-refractivity contribution in [1.29, 1.82) is 0 Å². The second-order valence-electron chi connectivity index (χ2n) is 3.48. The number of carbonyl (C=O) groups excluding carboxylic acids is 1. The molecule has 1 unspecified atom stereocenters. The number of hydrogen-bond donors (Lipinski definition) is 2. The fourth-order valence-electron chi connectivity index (χ4n) is 1.28. The zero-order valence-electron chi connectivity index (χ0n) is 9.17. The van der Waals surface area contributed by atoms with Crippen LogP contribution >= 0.6 is 0 Å². The van der Waals surface area contributed by atoms with Crippen LogP contribution in [0.2, 0.25) is 0 Å². The Balaban J connectivity index is 2.46. The molecule has 7 heteroatoms. The predicted molar refractivity (Wildman–Crippen MR) is 54.4 cm³/mol. The van der Waals surface area contributed by atoms with Crippen molar-refractivity contribution in [3.63, 3.8) is 0 Å². The van der Waals surface area contributed by atoms with Gasteiger partial charge in [-0.25, -0.2) is 0 Å². The van der Waals surface area contributed by atoms with Gasteiger partial charge in [0.25, 0.3) is 0 Å². The summed E-state index contributed by atoms with van der Waals surface area (Å²) in [6.45, 7) is 1.77. The molecule has 2 N–H and O–H groups in total. The number of carboxylic acids is 1. The van der Waals surface area contributed by atoms with Gasteiger partial charge in [0.05, 0.1) is 12.5 Å². The molecule has 1 amide bonds. The maximum Gasteiger partial charge on any atom is 0.303 e. The number of carbonyl (C=O) groups is 2. The number of rotatable bonds is 5. The standard InChI is InChI=1S/C9H14N4O3/c1-6(9-12-10-5-13(9)2)11-7(14)3-4-8(15)16/h5-6H,3-4H2,1-2H3,(H,11,14)(H,15,16).